The van der Waals surface area contributed by atoms with Crippen LogP contribution in [0.15, 0.2) is 71.6 Å². The number of sulfonamides is 1. The van der Waals surface area contributed by atoms with E-state index in [4.69, 9.17) is 32.7 Å². The van der Waals surface area contributed by atoms with E-state index in [1.54, 1.807) is 42.5 Å². The molecule has 0 aliphatic carbocycles. The maximum atomic E-state index is 13.4. The zero-order chi connectivity index (χ0) is 24.0. The summed E-state index contributed by atoms with van der Waals surface area (Å²) in [5.74, 6) is 0.548. The summed E-state index contributed by atoms with van der Waals surface area (Å²) >= 11 is 12.4. The normalized spacial score (nSPS) is 11.0. The molecule has 1 amide bonds. The number of benzene rings is 3. The molecule has 0 aliphatic heterocycles. The third-order valence-electron chi connectivity index (χ3n) is 4.76. The molecule has 0 unspecified atom stereocenters. The van der Waals surface area contributed by atoms with Gasteiger partial charge in [-0.25, -0.2) is 8.42 Å². The van der Waals surface area contributed by atoms with Crippen LogP contribution in [0.4, 0.5) is 5.69 Å². The highest BCUT2D eigenvalue weighted by Gasteiger charge is 2.29. The molecular formula is C23H22Cl2N2O5S. The molecule has 7 nitrogen and oxygen atoms in total. The van der Waals surface area contributed by atoms with Gasteiger partial charge in [0.15, 0.2) is 11.5 Å². The van der Waals surface area contributed by atoms with Crippen molar-refractivity contribution in [1.29, 1.82) is 0 Å². The monoisotopic (exact) mass is 508 g/mol. The van der Waals surface area contributed by atoms with Crippen LogP contribution in [-0.4, -0.2) is 35.1 Å². The molecule has 3 aromatic carbocycles. The molecule has 0 aromatic heterocycles. The molecule has 0 spiro atoms. The minimum absolute atomic E-state index is 0.0220. The van der Waals surface area contributed by atoms with Gasteiger partial charge >= 0.3 is 0 Å². The van der Waals surface area contributed by atoms with E-state index in [0.717, 1.165) is 9.87 Å². The summed E-state index contributed by atoms with van der Waals surface area (Å²) in [5, 5.41) is 2.94. The van der Waals surface area contributed by atoms with Gasteiger partial charge in [-0.15, -0.1) is 0 Å². The molecule has 0 aliphatic rings. The highest BCUT2D eigenvalue weighted by Crippen LogP contribution is 2.35. The maximum absolute atomic E-state index is 13.4. The van der Waals surface area contributed by atoms with E-state index in [1.165, 1.54) is 38.5 Å². The van der Waals surface area contributed by atoms with E-state index in [-0.39, 0.29) is 27.2 Å². The van der Waals surface area contributed by atoms with Crippen LogP contribution in [0.3, 0.4) is 0 Å². The number of carbonyl (C=O) groups is 1. The van der Waals surface area contributed by atoms with Crippen molar-refractivity contribution in [2.24, 2.45) is 0 Å². The van der Waals surface area contributed by atoms with E-state index in [0.29, 0.717) is 11.5 Å². The van der Waals surface area contributed by atoms with Gasteiger partial charge in [-0.05, 0) is 42.0 Å². The van der Waals surface area contributed by atoms with Crippen LogP contribution in [0.5, 0.6) is 11.5 Å². The van der Waals surface area contributed by atoms with Crippen LogP contribution in [0.25, 0.3) is 0 Å². The van der Waals surface area contributed by atoms with Gasteiger partial charge in [-0.3, -0.25) is 9.10 Å². The molecule has 0 heterocycles. The molecule has 0 fully saturated rings. The quantitative estimate of drug-likeness (QED) is 0.459. The summed E-state index contributed by atoms with van der Waals surface area (Å²) in [6.45, 7) is -0.341. The van der Waals surface area contributed by atoms with Crippen molar-refractivity contribution < 1.29 is 22.7 Å². The minimum Gasteiger partial charge on any atom is -0.493 e. The van der Waals surface area contributed by atoms with Crippen molar-refractivity contribution in [3.05, 3.63) is 82.3 Å². The van der Waals surface area contributed by atoms with E-state index in [1.807, 2.05) is 0 Å². The van der Waals surface area contributed by atoms with Gasteiger partial charge in [0.1, 0.15) is 6.54 Å². The number of methoxy groups -OCH3 is 2. The number of ether oxygens (including phenoxy) is 2. The van der Waals surface area contributed by atoms with Gasteiger partial charge in [0.05, 0.1) is 34.8 Å². The molecule has 10 heteroatoms. The lowest BCUT2D eigenvalue weighted by atomic mass is 10.2. The average Bonchev–Trinajstić information content (AvgIpc) is 2.83. The number of anilines is 1. The second kappa shape index (κ2) is 10.8. The van der Waals surface area contributed by atoms with Crippen LogP contribution in [0.2, 0.25) is 10.0 Å². The number of rotatable bonds is 9. The van der Waals surface area contributed by atoms with Crippen LogP contribution in [0.1, 0.15) is 5.56 Å². The number of halogens is 2. The predicted octanol–water partition coefficient (Wildman–Crippen LogP) is 4.52. The van der Waals surface area contributed by atoms with Crippen molar-refractivity contribution in [2.45, 2.75) is 11.4 Å². The second-order valence-corrected chi connectivity index (χ2v) is 9.51. The highest BCUT2D eigenvalue weighted by atomic mass is 35.5. The SMILES string of the molecule is COc1ccc(CNC(=O)CN(c2cccc(Cl)c2Cl)S(=O)(=O)c2ccccc2)cc1OC. The van der Waals surface area contributed by atoms with Crippen molar-refractivity contribution >= 4 is 44.8 Å². The van der Waals surface area contributed by atoms with E-state index >= 15 is 0 Å². The Morgan fingerprint density at radius 2 is 1.64 bits per heavy atom. The standard InChI is InChI=1S/C23H22Cl2N2O5S/c1-31-20-12-11-16(13-21(20)32-2)14-26-22(28)15-27(19-10-6-9-18(24)23(19)25)33(29,30)17-7-4-3-5-8-17/h3-13H,14-15H2,1-2H3,(H,26,28). The van der Waals surface area contributed by atoms with Crippen molar-refractivity contribution in [1.82, 2.24) is 5.32 Å². The Hall–Kier alpha value is -2.94. The van der Waals surface area contributed by atoms with Crippen molar-refractivity contribution in [3.63, 3.8) is 0 Å². The Balaban J connectivity index is 1.86. The van der Waals surface area contributed by atoms with E-state index in [2.05, 4.69) is 5.32 Å². The van der Waals surface area contributed by atoms with Crippen LogP contribution in [-0.2, 0) is 21.4 Å². The zero-order valence-electron chi connectivity index (χ0n) is 17.9. The topological polar surface area (TPSA) is 84.9 Å². The number of nitrogens with one attached hydrogen (secondary N) is 1. The maximum Gasteiger partial charge on any atom is 0.264 e. The highest BCUT2D eigenvalue weighted by molar-refractivity contribution is 7.92. The average molecular weight is 509 g/mol. The lowest BCUT2D eigenvalue weighted by molar-refractivity contribution is -0.119. The Morgan fingerprint density at radius 1 is 0.939 bits per heavy atom. The molecule has 174 valence electrons. The molecule has 3 aromatic rings. The van der Waals surface area contributed by atoms with Gasteiger partial charge in [-0.2, -0.15) is 0 Å². The van der Waals surface area contributed by atoms with Crippen LogP contribution >= 0.6 is 23.2 Å². The van der Waals surface area contributed by atoms with E-state index < -0.39 is 22.5 Å². The Morgan fingerprint density at radius 3 is 2.30 bits per heavy atom. The summed E-state index contributed by atoms with van der Waals surface area (Å²) in [7, 11) is -1.05. The second-order valence-electron chi connectivity index (χ2n) is 6.86. The molecule has 3 rings (SSSR count). The fourth-order valence-electron chi connectivity index (χ4n) is 3.08. The Kier molecular flexibility index (Phi) is 8.07. The lowest BCUT2D eigenvalue weighted by Crippen LogP contribution is -2.40. The third kappa shape index (κ3) is 5.71. The van der Waals surface area contributed by atoms with Gasteiger partial charge in [-0.1, -0.05) is 53.5 Å². The van der Waals surface area contributed by atoms with Crippen molar-refractivity contribution in [3.8, 4) is 11.5 Å². The van der Waals surface area contributed by atoms with Crippen LogP contribution < -0.4 is 19.1 Å². The summed E-state index contributed by atoms with van der Waals surface area (Å²) in [5.41, 5.74) is 0.855. The van der Waals surface area contributed by atoms with Crippen molar-refractivity contribution in [2.75, 3.05) is 25.1 Å². The molecule has 0 bridgehead atoms. The number of hydrogen-bond donors (Lipinski definition) is 1. The number of hydrogen-bond acceptors (Lipinski definition) is 5. The first-order valence-corrected chi connectivity index (χ1v) is 12.0. The fraction of sp³-hybridized carbons (Fsp3) is 0.174. The van der Waals surface area contributed by atoms with Gasteiger partial charge in [0, 0.05) is 6.54 Å². The smallest absolute Gasteiger partial charge is 0.264 e. The van der Waals surface area contributed by atoms with E-state index in [9.17, 15) is 13.2 Å². The Labute approximate surface area is 202 Å². The first kappa shape index (κ1) is 24.7. The zero-order valence-corrected chi connectivity index (χ0v) is 20.2. The summed E-state index contributed by atoms with van der Waals surface area (Å²) in [6, 6.07) is 17.6. The molecule has 0 radical (unpaired) electrons. The predicted molar refractivity (Wildman–Crippen MR) is 129 cm³/mol. The molecule has 33 heavy (non-hydrogen) atoms. The summed E-state index contributed by atoms with van der Waals surface area (Å²) < 4.78 is 38.2. The van der Waals surface area contributed by atoms with Gasteiger partial charge in [0.2, 0.25) is 5.91 Å². The van der Waals surface area contributed by atoms with Crippen LogP contribution in [0, 0.1) is 0 Å². The van der Waals surface area contributed by atoms with Gasteiger partial charge in [0.25, 0.3) is 10.0 Å². The number of carbonyl (C=O) groups excluding carboxylic acids is 1. The first-order valence-electron chi connectivity index (χ1n) is 9.77. The molecule has 0 saturated heterocycles. The third-order valence-corrected chi connectivity index (χ3v) is 7.34. The first-order chi connectivity index (χ1) is 15.8. The number of amides is 1. The Bertz CT molecular complexity index is 1240. The molecule has 1 N–H and O–H groups in total. The molecular weight excluding hydrogens is 487 g/mol. The minimum atomic E-state index is -4.10. The summed E-state index contributed by atoms with van der Waals surface area (Å²) in [4.78, 5) is 12.8. The number of nitrogens with zero attached hydrogens (tertiary/aromatic N) is 1. The lowest BCUT2D eigenvalue weighted by Gasteiger charge is -2.25. The fourth-order valence-corrected chi connectivity index (χ4v) is 4.98. The molecule has 0 saturated carbocycles. The van der Waals surface area contributed by atoms with Gasteiger partial charge < -0.3 is 14.8 Å². The molecule has 0 atom stereocenters. The summed E-state index contributed by atoms with van der Waals surface area (Å²) in [6.07, 6.45) is 0. The largest absolute Gasteiger partial charge is 0.493 e.